The highest BCUT2D eigenvalue weighted by Gasteiger charge is 2.39. The van der Waals surface area contributed by atoms with Gasteiger partial charge in [-0.25, -0.2) is 14.4 Å². The second-order valence-corrected chi connectivity index (χ2v) is 10.1. The molecule has 4 aromatic rings. The number of hydrogen-bond donors (Lipinski definition) is 1. The van der Waals surface area contributed by atoms with E-state index >= 15 is 4.39 Å². The lowest BCUT2D eigenvalue weighted by molar-refractivity contribution is -0.141. The van der Waals surface area contributed by atoms with Gasteiger partial charge in [0.25, 0.3) is 0 Å². The molecule has 2 aromatic carbocycles. The summed E-state index contributed by atoms with van der Waals surface area (Å²) in [5.41, 5.74) is 3.86. The van der Waals surface area contributed by atoms with Crippen molar-refractivity contribution in [2.24, 2.45) is 0 Å². The topological polar surface area (TPSA) is 66.3 Å². The quantitative estimate of drug-likeness (QED) is 0.404. The van der Waals surface area contributed by atoms with E-state index < -0.39 is 12.0 Å². The molecule has 1 aliphatic heterocycles. The van der Waals surface area contributed by atoms with Crippen LogP contribution in [0.1, 0.15) is 29.2 Å². The first-order chi connectivity index (χ1) is 16.4. The molecular weight excluding hydrogens is 449 g/mol. The molecule has 170 valence electrons. The van der Waals surface area contributed by atoms with Gasteiger partial charge in [-0.3, -0.25) is 9.69 Å². The fraction of sp³-hybridized carbons (Fsp3) is 0.222. The molecule has 1 N–H and O–H groups in total. The Kier molecular flexibility index (Phi) is 4.86. The number of hydrogen-bond acceptors (Lipinski definition) is 5. The van der Waals surface area contributed by atoms with Gasteiger partial charge in [0.1, 0.15) is 27.2 Å². The van der Waals surface area contributed by atoms with Gasteiger partial charge in [0.05, 0.1) is 11.1 Å². The van der Waals surface area contributed by atoms with Crippen molar-refractivity contribution in [2.75, 3.05) is 13.6 Å². The summed E-state index contributed by atoms with van der Waals surface area (Å²) in [5.74, 6) is -1.18. The lowest BCUT2D eigenvalue weighted by Gasteiger charge is -2.15. The molecule has 6 rings (SSSR count). The minimum atomic E-state index is -0.834. The summed E-state index contributed by atoms with van der Waals surface area (Å²) in [4.78, 5) is 23.5. The second-order valence-electron chi connectivity index (χ2n) is 9.07. The highest BCUT2D eigenvalue weighted by Crippen LogP contribution is 2.45. The number of halogens is 1. The number of pyridine rings is 1. The number of likely N-dealkylation sites (tertiary alicyclic amines) is 1. The van der Waals surface area contributed by atoms with E-state index in [9.17, 15) is 9.90 Å². The Morgan fingerprint density at radius 1 is 1.12 bits per heavy atom. The van der Waals surface area contributed by atoms with Gasteiger partial charge in [-0.15, -0.1) is 0 Å². The Morgan fingerprint density at radius 3 is 2.59 bits per heavy atom. The van der Waals surface area contributed by atoms with Gasteiger partial charge < -0.3 is 5.11 Å². The minimum Gasteiger partial charge on any atom is -0.480 e. The van der Waals surface area contributed by atoms with Crippen LogP contribution in [0, 0.1) is 5.82 Å². The van der Waals surface area contributed by atoms with Gasteiger partial charge in [-0.2, -0.15) is 0 Å². The molecule has 0 saturated carbocycles. The van der Waals surface area contributed by atoms with Gasteiger partial charge in [0.2, 0.25) is 0 Å². The zero-order valence-electron chi connectivity index (χ0n) is 18.5. The molecule has 2 aromatic heterocycles. The van der Waals surface area contributed by atoms with E-state index in [1.54, 1.807) is 13.1 Å². The van der Waals surface area contributed by atoms with Crippen molar-refractivity contribution in [3.8, 4) is 10.6 Å². The number of aliphatic carboxylic acids is 1. The predicted molar refractivity (Wildman–Crippen MR) is 131 cm³/mol. The van der Waals surface area contributed by atoms with Crippen LogP contribution in [0.2, 0.25) is 0 Å². The highest BCUT2D eigenvalue weighted by molar-refractivity contribution is 7.21. The van der Waals surface area contributed by atoms with E-state index in [1.807, 2.05) is 41.3 Å². The molecule has 7 heteroatoms. The van der Waals surface area contributed by atoms with Crippen LogP contribution in [0.15, 0.2) is 72.8 Å². The third-order valence-electron chi connectivity index (χ3n) is 6.96. The number of allylic oxidation sites excluding steroid dienone is 2. The maximum absolute atomic E-state index is 15.2. The molecule has 2 aliphatic rings. The fourth-order valence-corrected chi connectivity index (χ4v) is 5.92. The van der Waals surface area contributed by atoms with Crippen LogP contribution in [-0.4, -0.2) is 45.6 Å². The van der Waals surface area contributed by atoms with E-state index in [1.165, 1.54) is 23.0 Å². The van der Waals surface area contributed by atoms with Crippen LogP contribution < -0.4 is 0 Å². The Morgan fingerprint density at radius 2 is 1.91 bits per heavy atom. The molecule has 2 unspecified atom stereocenters. The molecule has 0 radical (unpaired) electrons. The average Bonchev–Trinajstić information content (AvgIpc) is 3.39. The number of carbonyl (C=O) groups is 1. The second kappa shape index (κ2) is 7.82. The van der Waals surface area contributed by atoms with Gasteiger partial charge in [-0.05, 0) is 54.8 Å². The van der Waals surface area contributed by atoms with Crippen molar-refractivity contribution in [1.82, 2.24) is 14.9 Å². The Balaban J connectivity index is 1.30. The summed E-state index contributed by atoms with van der Waals surface area (Å²) >= 11 is 1.38. The zero-order valence-corrected chi connectivity index (χ0v) is 19.3. The van der Waals surface area contributed by atoms with Crippen molar-refractivity contribution < 1.29 is 14.3 Å². The van der Waals surface area contributed by atoms with E-state index in [0.717, 1.165) is 21.6 Å². The summed E-state index contributed by atoms with van der Waals surface area (Å²) in [7, 11) is 1.80. The van der Waals surface area contributed by atoms with Gasteiger partial charge in [-0.1, -0.05) is 59.9 Å². The molecule has 1 fully saturated rings. The van der Waals surface area contributed by atoms with E-state index in [4.69, 9.17) is 4.98 Å². The zero-order chi connectivity index (χ0) is 23.4. The number of rotatable bonds is 5. The van der Waals surface area contributed by atoms with Crippen LogP contribution in [0.4, 0.5) is 4.39 Å². The van der Waals surface area contributed by atoms with E-state index in [0.29, 0.717) is 23.5 Å². The van der Waals surface area contributed by atoms with Crippen LogP contribution in [0.3, 0.4) is 0 Å². The fourth-order valence-electron chi connectivity index (χ4n) is 4.96. The van der Waals surface area contributed by atoms with Gasteiger partial charge in [0.15, 0.2) is 0 Å². The summed E-state index contributed by atoms with van der Waals surface area (Å²) in [6.45, 7) is 0.598. The van der Waals surface area contributed by atoms with Crippen LogP contribution >= 0.6 is 11.3 Å². The highest BCUT2D eigenvalue weighted by atomic mass is 32.1. The largest absolute Gasteiger partial charge is 0.480 e. The first-order valence-corrected chi connectivity index (χ1v) is 12.0. The van der Waals surface area contributed by atoms with Gasteiger partial charge >= 0.3 is 5.97 Å². The molecule has 34 heavy (non-hydrogen) atoms. The standard InChI is InChI=1S/C27H22FN3O2S/c1-31-15-17(14-22(31)26(32)33)16-7-8-19(20(28)13-16)24-29-21-9-10-23(30-25(21)34-24)27(11-12-27)18-5-3-2-4-6-18/h2-13,17,22H,14-15H2,1H3,(H,32,33). The monoisotopic (exact) mass is 471 g/mol. The third-order valence-corrected chi connectivity index (χ3v) is 7.96. The summed E-state index contributed by atoms with van der Waals surface area (Å²) < 4.78 is 15.2. The number of fused-ring (bicyclic) bond motifs is 1. The first-order valence-electron chi connectivity index (χ1n) is 11.2. The van der Waals surface area contributed by atoms with Crippen LogP contribution in [0.5, 0.6) is 0 Å². The SMILES string of the molecule is CN1CC(c2ccc(-c3nc4ccc(C5(c6ccccc6)C=C5)nc4s3)c(F)c2)CC1C(=O)O. The Labute approximate surface area is 200 Å². The molecule has 1 saturated heterocycles. The molecule has 3 heterocycles. The number of aromatic nitrogens is 2. The molecule has 1 aliphatic carbocycles. The number of benzene rings is 2. The predicted octanol–water partition coefficient (Wildman–Crippen LogP) is 5.23. The maximum atomic E-state index is 15.2. The number of carboxylic acids is 1. The number of likely N-dealkylation sites (N-methyl/N-ethyl adjacent to an activating group) is 1. The third kappa shape index (κ3) is 3.43. The van der Waals surface area contributed by atoms with Crippen molar-refractivity contribution in [3.63, 3.8) is 0 Å². The minimum absolute atomic E-state index is 0.00513. The van der Waals surface area contributed by atoms with Crippen LogP contribution in [0.25, 0.3) is 20.9 Å². The van der Waals surface area contributed by atoms with Crippen molar-refractivity contribution in [2.45, 2.75) is 23.8 Å². The normalized spacial score (nSPS) is 21.2. The number of thiazole rings is 1. The average molecular weight is 472 g/mol. The molecule has 5 nitrogen and oxygen atoms in total. The van der Waals surface area contributed by atoms with E-state index in [2.05, 4.69) is 29.3 Å². The molecule has 0 amide bonds. The van der Waals surface area contributed by atoms with Crippen molar-refractivity contribution in [1.29, 1.82) is 0 Å². The lowest BCUT2D eigenvalue weighted by atomic mass is 9.89. The number of carboxylic acid groups (broad SMARTS) is 1. The molecule has 0 spiro atoms. The van der Waals surface area contributed by atoms with E-state index in [-0.39, 0.29) is 17.2 Å². The smallest absolute Gasteiger partial charge is 0.320 e. The summed E-state index contributed by atoms with van der Waals surface area (Å²) in [5, 5.41) is 9.96. The van der Waals surface area contributed by atoms with Gasteiger partial charge in [0, 0.05) is 12.1 Å². The Hall–Kier alpha value is -3.42. The summed E-state index contributed by atoms with van der Waals surface area (Å²) in [6.07, 6.45) is 4.77. The maximum Gasteiger partial charge on any atom is 0.320 e. The summed E-state index contributed by atoms with van der Waals surface area (Å²) in [6, 6.07) is 18.8. The first kappa shape index (κ1) is 21.1. The lowest BCUT2D eigenvalue weighted by Crippen LogP contribution is -2.32. The van der Waals surface area contributed by atoms with Crippen molar-refractivity contribution >= 4 is 27.7 Å². The molecule has 0 bridgehead atoms. The van der Waals surface area contributed by atoms with Crippen LogP contribution in [-0.2, 0) is 10.2 Å². The molecular formula is C27H22FN3O2S. The Bertz CT molecular complexity index is 1440. The van der Waals surface area contributed by atoms with Crippen molar-refractivity contribution in [3.05, 3.63) is 95.5 Å². The molecule has 2 atom stereocenters. The number of nitrogens with zero attached hydrogens (tertiary/aromatic N) is 3.